The zero-order valence-electron chi connectivity index (χ0n) is 15.8. The van der Waals surface area contributed by atoms with Crippen LogP contribution < -0.4 is 5.32 Å². The minimum absolute atomic E-state index is 0.169. The van der Waals surface area contributed by atoms with E-state index >= 15 is 0 Å². The van der Waals surface area contributed by atoms with E-state index in [0.29, 0.717) is 0 Å². The molecule has 154 valence electrons. The molecule has 0 bridgehead atoms. The Morgan fingerprint density at radius 1 is 1.03 bits per heavy atom. The molecule has 1 aliphatic carbocycles. The lowest BCUT2D eigenvalue weighted by Crippen LogP contribution is -2.57. The topological polar surface area (TPSA) is 75.6 Å². The average molecular weight is 407 g/mol. The van der Waals surface area contributed by atoms with Gasteiger partial charge in [0.15, 0.2) is 0 Å². The van der Waals surface area contributed by atoms with Crippen LogP contribution in [0.2, 0.25) is 0 Å². The van der Waals surface area contributed by atoms with E-state index in [1.54, 1.807) is 5.32 Å². The molecule has 0 heterocycles. The first-order valence-electron chi connectivity index (χ1n) is 8.95. The third-order valence-electron chi connectivity index (χ3n) is 5.21. The van der Waals surface area contributed by atoms with Crippen LogP contribution in [-0.2, 0) is 9.53 Å². The van der Waals surface area contributed by atoms with Crippen LogP contribution in [-0.4, -0.2) is 36.0 Å². The van der Waals surface area contributed by atoms with Gasteiger partial charge >= 0.3 is 18.2 Å². The Labute approximate surface area is 165 Å². The summed E-state index contributed by atoms with van der Waals surface area (Å²) in [7, 11) is 0. The number of alkyl halides is 3. The second kappa shape index (κ2) is 7.42. The molecule has 2 N–H and O–H groups in total. The molecule has 29 heavy (non-hydrogen) atoms. The van der Waals surface area contributed by atoms with Crippen LogP contribution in [0.5, 0.6) is 0 Å². The van der Waals surface area contributed by atoms with Gasteiger partial charge in [0.25, 0.3) is 0 Å². The second-order valence-electron chi connectivity index (χ2n) is 7.47. The summed E-state index contributed by atoms with van der Waals surface area (Å²) in [4.78, 5) is 23.4. The Morgan fingerprint density at radius 3 is 1.97 bits per heavy atom. The largest absolute Gasteiger partial charge is 0.481 e. The first-order valence-corrected chi connectivity index (χ1v) is 8.95. The van der Waals surface area contributed by atoms with Crippen molar-refractivity contribution in [2.24, 2.45) is 5.41 Å². The van der Waals surface area contributed by atoms with Crippen molar-refractivity contribution in [1.82, 2.24) is 5.32 Å². The summed E-state index contributed by atoms with van der Waals surface area (Å²) >= 11 is 0. The summed E-state index contributed by atoms with van der Waals surface area (Å²) in [6, 6.07) is 12.5. The molecule has 3 rings (SSSR count). The van der Waals surface area contributed by atoms with Crippen LogP contribution in [0.15, 0.2) is 48.5 Å². The monoisotopic (exact) mass is 407 g/mol. The lowest BCUT2D eigenvalue weighted by Gasteiger charge is -2.32. The summed E-state index contributed by atoms with van der Waals surface area (Å²) in [5.41, 5.74) is 1.54. The minimum atomic E-state index is -4.95. The molecular weight excluding hydrogens is 387 g/mol. The molecule has 5 nitrogen and oxygen atoms in total. The molecule has 0 spiro atoms. The van der Waals surface area contributed by atoms with Crippen molar-refractivity contribution in [3.63, 3.8) is 0 Å². The highest BCUT2D eigenvalue weighted by Crippen LogP contribution is 2.44. The Kier molecular flexibility index (Phi) is 5.30. The van der Waals surface area contributed by atoms with E-state index < -0.39 is 29.7 Å². The van der Waals surface area contributed by atoms with Gasteiger partial charge in [-0.1, -0.05) is 48.5 Å². The highest BCUT2D eigenvalue weighted by atomic mass is 19.4. The Hall–Kier alpha value is -3.03. The quantitative estimate of drug-likeness (QED) is 0.762. The Bertz CT molecular complexity index is 894. The number of halogens is 3. The summed E-state index contributed by atoms with van der Waals surface area (Å²) in [6.45, 7) is 1.63. The van der Waals surface area contributed by atoms with Crippen molar-refractivity contribution in [2.45, 2.75) is 32.0 Å². The van der Waals surface area contributed by atoms with Crippen molar-refractivity contribution in [3.05, 3.63) is 59.7 Å². The number of alkyl carbamates (subject to hydrolysis) is 1. The summed E-state index contributed by atoms with van der Waals surface area (Å²) in [6.07, 6.45) is -6.27. The van der Waals surface area contributed by atoms with E-state index in [-0.39, 0.29) is 12.5 Å². The number of carboxylic acids is 1. The lowest BCUT2D eigenvalue weighted by atomic mass is 9.84. The number of carbonyl (C=O) groups excluding carboxylic acids is 1. The molecule has 0 fully saturated rings. The van der Waals surface area contributed by atoms with Crippen LogP contribution in [0.4, 0.5) is 18.0 Å². The number of nitrogens with one attached hydrogen (secondary N) is 1. The Morgan fingerprint density at radius 2 is 1.52 bits per heavy atom. The average Bonchev–Trinajstić information content (AvgIpc) is 2.97. The van der Waals surface area contributed by atoms with Crippen LogP contribution in [0, 0.1) is 5.41 Å². The molecule has 1 atom stereocenters. The predicted molar refractivity (Wildman–Crippen MR) is 99.5 cm³/mol. The number of rotatable bonds is 5. The maximum Gasteiger partial charge on any atom is 0.409 e. The third kappa shape index (κ3) is 3.92. The number of carboxylic acid groups (broad SMARTS) is 1. The fraction of sp³-hybridized carbons (Fsp3) is 0.333. The van der Waals surface area contributed by atoms with Crippen LogP contribution >= 0.6 is 0 Å². The zero-order chi connectivity index (χ0) is 21.4. The van der Waals surface area contributed by atoms with E-state index in [1.165, 1.54) is 0 Å². The zero-order valence-corrected chi connectivity index (χ0v) is 15.8. The number of benzene rings is 2. The van der Waals surface area contributed by atoms with Crippen molar-refractivity contribution < 1.29 is 32.6 Å². The molecule has 0 aromatic heterocycles. The van der Waals surface area contributed by atoms with E-state index in [4.69, 9.17) is 9.84 Å². The first-order chi connectivity index (χ1) is 13.5. The van der Waals surface area contributed by atoms with Gasteiger partial charge in [0.2, 0.25) is 0 Å². The van der Waals surface area contributed by atoms with Gasteiger partial charge in [-0.05, 0) is 36.1 Å². The van der Waals surface area contributed by atoms with Crippen molar-refractivity contribution in [3.8, 4) is 11.1 Å². The van der Waals surface area contributed by atoms with E-state index in [1.807, 2.05) is 48.5 Å². The Balaban J connectivity index is 1.76. The number of carbonyl (C=O) groups is 2. The molecule has 0 radical (unpaired) electrons. The van der Waals surface area contributed by atoms with E-state index in [2.05, 4.69) is 0 Å². The van der Waals surface area contributed by atoms with Gasteiger partial charge < -0.3 is 15.2 Å². The van der Waals surface area contributed by atoms with E-state index in [0.717, 1.165) is 36.1 Å². The molecule has 0 unspecified atom stereocenters. The molecule has 0 aliphatic heterocycles. The second-order valence-corrected chi connectivity index (χ2v) is 7.47. The summed E-state index contributed by atoms with van der Waals surface area (Å²) in [5, 5.41) is 10.8. The molecular formula is C21H20F3NO4. The highest BCUT2D eigenvalue weighted by Gasteiger charge is 2.54. The molecule has 0 saturated carbocycles. The number of hydrogen-bond acceptors (Lipinski definition) is 3. The van der Waals surface area contributed by atoms with Gasteiger partial charge in [0.05, 0.1) is 5.41 Å². The molecule has 2 aromatic rings. The van der Waals surface area contributed by atoms with Gasteiger partial charge in [-0.3, -0.25) is 4.79 Å². The van der Waals surface area contributed by atoms with Gasteiger partial charge in [0, 0.05) is 5.92 Å². The number of aliphatic carboxylic acids is 1. The predicted octanol–water partition coefficient (Wildman–Crippen LogP) is 4.57. The first kappa shape index (κ1) is 20.7. The van der Waals surface area contributed by atoms with Crippen LogP contribution in [0.1, 0.15) is 30.9 Å². The molecule has 1 aliphatic rings. The number of fused-ring (bicyclic) bond motifs is 3. The van der Waals surface area contributed by atoms with Gasteiger partial charge in [0.1, 0.15) is 12.6 Å². The van der Waals surface area contributed by atoms with Crippen LogP contribution in [0.3, 0.4) is 0 Å². The normalized spacial score (nSPS) is 14.7. The van der Waals surface area contributed by atoms with Crippen molar-refractivity contribution in [1.29, 1.82) is 0 Å². The SMILES string of the molecule is CC(C)(C(=O)O)[C@H](NC(=O)OCC1c2ccccc2-c2ccccc21)C(F)(F)F. The molecule has 1 amide bonds. The summed E-state index contributed by atoms with van der Waals surface area (Å²) < 4.78 is 45.1. The number of amides is 1. The number of ether oxygens (including phenoxy) is 1. The van der Waals surface area contributed by atoms with Gasteiger partial charge in [-0.2, -0.15) is 13.2 Å². The minimum Gasteiger partial charge on any atom is -0.481 e. The lowest BCUT2D eigenvalue weighted by molar-refractivity contribution is -0.190. The highest BCUT2D eigenvalue weighted by molar-refractivity contribution is 5.79. The van der Waals surface area contributed by atoms with E-state index in [9.17, 15) is 22.8 Å². The maximum absolute atomic E-state index is 13.3. The van der Waals surface area contributed by atoms with Gasteiger partial charge in [-0.25, -0.2) is 4.79 Å². The maximum atomic E-state index is 13.3. The smallest absolute Gasteiger partial charge is 0.409 e. The standard InChI is InChI=1S/C21H20F3NO4/c1-20(2,18(26)27)17(21(22,23)24)25-19(28)29-11-16-14-9-5-3-7-12(14)13-8-4-6-10-15(13)16/h3-10,16-17H,11H2,1-2H3,(H,25,28)(H,26,27)/t17-/m0/s1. The molecule has 0 saturated heterocycles. The molecule has 2 aromatic carbocycles. The van der Waals surface area contributed by atoms with Crippen LogP contribution in [0.25, 0.3) is 11.1 Å². The van der Waals surface area contributed by atoms with Crippen molar-refractivity contribution in [2.75, 3.05) is 6.61 Å². The fourth-order valence-corrected chi connectivity index (χ4v) is 3.55. The third-order valence-corrected chi connectivity index (χ3v) is 5.21. The summed E-state index contributed by atoms with van der Waals surface area (Å²) in [5.74, 6) is -2.00. The fourth-order valence-electron chi connectivity index (χ4n) is 3.55. The van der Waals surface area contributed by atoms with Gasteiger partial charge in [-0.15, -0.1) is 0 Å². The van der Waals surface area contributed by atoms with Crippen molar-refractivity contribution >= 4 is 12.1 Å². The molecule has 8 heteroatoms. The number of hydrogen-bond donors (Lipinski definition) is 2.